The molecule has 0 aromatic carbocycles. The number of amides is 1. The molecule has 0 fully saturated rings. The van der Waals surface area contributed by atoms with E-state index in [1.165, 1.54) is 0 Å². The molecule has 5 nitrogen and oxygen atoms in total. The van der Waals surface area contributed by atoms with Crippen LogP contribution in [0.2, 0.25) is 0 Å². The van der Waals surface area contributed by atoms with E-state index in [0.29, 0.717) is 5.75 Å². The number of aliphatic carboxylic acids is 1. The number of carboxylic acid groups (broad SMARTS) is 1. The second-order valence-electron chi connectivity index (χ2n) is 2.31. The van der Waals surface area contributed by atoms with Gasteiger partial charge in [-0.3, -0.25) is 4.79 Å². The van der Waals surface area contributed by atoms with E-state index in [2.05, 4.69) is 5.32 Å². The fraction of sp³-hybridized carbons (Fsp3) is 0.714. The van der Waals surface area contributed by atoms with Crippen molar-refractivity contribution >= 4 is 23.6 Å². The average Bonchev–Trinajstić information content (AvgIpc) is 2.11. The second-order valence-corrected chi connectivity index (χ2v) is 3.53. The minimum atomic E-state index is -1.10. The summed E-state index contributed by atoms with van der Waals surface area (Å²) in [5.74, 6) is -1.11. The molecular weight excluding hydrogens is 194 g/mol. The topological polar surface area (TPSA) is 86.6 Å². The van der Waals surface area contributed by atoms with Crippen molar-refractivity contribution in [3.05, 3.63) is 0 Å². The first-order valence-corrected chi connectivity index (χ1v) is 4.91. The SMILES string of the molecule is CCCSC(NC(=O)CO)C(=O)O. The van der Waals surface area contributed by atoms with Crippen LogP contribution in [0.15, 0.2) is 0 Å². The number of nitrogens with one attached hydrogen (secondary N) is 1. The molecule has 0 spiro atoms. The van der Waals surface area contributed by atoms with E-state index in [1.54, 1.807) is 0 Å². The van der Waals surface area contributed by atoms with Crippen LogP contribution in [-0.4, -0.2) is 39.8 Å². The Labute approximate surface area is 80.5 Å². The van der Waals surface area contributed by atoms with Crippen LogP contribution in [0.3, 0.4) is 0 Å². The minimum absolute atomic E-state index is 0.655. The molecule has 0 aliphatic heterocycles. The maximum Gasteiger partial charge on any atom is 0.336 e. The van der Waals surface area contributed by atoms with Gasteiger partial charge in [0.15, 0.2) is 5.37 Å². The number of rotatable bonds is 6. The van der Waals surface area contributed by atoms with Crippen LogP contribution < -0.4 is 5.32 Å². The van der Waals surface area contributed by atoms with Gasteiger partial charge < -0.3 is 15.5 Å². The van der Waals surface area contributed by atoms with Gasteiger partial charge in [-0.1, -0.05) is 6.92 Å². The van der Waals surface area contributed by atoms with Gasteiger partial charge in [-0.05, 0) is 12.2 Å². The molecule has 0 saturated heterocycles. The molecule has 1 atom stereocenters. The van der Waals surface area contributed by atoms with Crippen molar-refractivity contribution in [2.75, 3.05) is 12.4 Å². The lowest BCUT2D eigenvalue weighted by atomic mass is 10.5. The highest BCUT2D eigenvalue weighted by Gasteiger charge is 2.18. The lowest BCUT2D eigenvalue weighted by molar-refractivity contribution is -0.139. The van der Waals surface area contributed by atoms with Crippen molar-refractivity contribution in [3.63, 3.8) is 0 Å². The van der Waals surface area contributed by atoms with Crippen molar-refractivity contribution in [1.29, 1.82) is 0 Å². The number of thioether (sulfide) groups is 1. The molecule has 0 aliphatic rings. The molecule has 13 heavy (non-hydrogen) atoms. The van der Waals surface area contributed by atoms with E-state index >= 15 is 0 Å². The summed E-state index contributed by atoms with van der Waals surface area (Å²) in [7, 11) is 0. The summed E-state index contributed by atoms with van der Waals surface area (Å²) in [5.41, 5.74) is 0. The van der Waals surface area contributed by atoms with Crippen LogP contribution in [0.25, 0.3) is 0 Å². The third kappa shape index (κ3) is 5.48. The Balaban J connectivity index is 3.94. The van der Waals surface area contributed by atoms with Gasteiger partial charge in [0.2, 0.25) is 5.91 Å². The highest BCUT2D eigenvalue weighted by atomic mass is 32.2. The average molecular weight is 207 g/mol. The Morgan fingerprint density at radius 2 is 2.15 bits per heavy atom. The first kappa shape index (κ1) is 12.2. The third-order valence-electron chi connectivity index (χ3n) is 1.15. The fourth-order valence-corrected chi connectivity index (χ4v) is 1.43. The summed E-state index contributed by atoms with van der Waals surface area (Å²) in [6.07, 6.45) is 0.837. The highest BCUT2D eigenvalue weighted by Crippen LogP contribution is 2.09. The molecule has 0 aromatic rings. The summed E-state index contributed by atoms with van der Waals surface area (Å²) in [4.78, 5) is 21.2. The number of hydrogen-bond donors (Lipinski definition) is 3. The van der Waals surface area contributed by atoms with Gasteiger partial charge in [0, 0.05) is 0 Å². The maximum absolute atomic E-state index is 10.7. The van der Waals surface area contributed by atoms with Gasteiger partial charge >= 0.3 is 5.97 Å². The summed E-state index contributed by atoms with van der Waals surface area (Å²) in [5, 5.41) is 18.2. The quantitative estimate of drug-likeness (QED) is 0.518. The van der Waals surface area contributed by atoms with Crippen molar-refractivity contribution in [3.8, 4) is 0 Å². The summed E-state index contributed by atoms with van der Waals surface area (Å²) < 4.78 is 0. The molecule has 0 radical (unpaired) electrons. The van der Waals surface area contributed by atoms with Gasteiger partial charge in [-0.2, -0.15) is 0 Å². The van der Waals surface area contributed by atoms with Crippen molar-refractivity contribution < 1.29 is 19.8 Å². The molecule has 0 bridgehead atoms. The lowest BCUT2D eigenvalue weighted by Crippen LogP contribution is -2.39. The number of carbonyl (C=O) groups excluding carboxylic acids is 1. The van der Waals surface area contributed by atoms with E-state index in [4.69, 9.17) is 10.2 Å². The molecule has 6 heteroatoms. The first-order chi connectivity index (χ1) is 6.11. The van der Waals surface area contributed by atoms with Crippen LogP contribution in [-0.2, 0) is 9.59 Å². The number of aliphatic hydroxyl groups is 1. The number of carboxylic acids is 1. The van der Waals surface area contributed by atoms with Crippen LogP contribution in [0.5, 0.6) is 0 Å². The monoisotopic (exact) mass is 207 g/mol. The van der Waals surface area contributed by atoms with Crippen LogP contribution >= 0.6 is 11.8 Å². The van der Waals surface area contributed by atoms with Crippen LogP contribution in [0, 0.1) is 0 Å². The smallest absolute Gasteiger partial charge is 0.336 e. The maximum atomic E-state index is 10.7. The molecule has 0 heterocycles. The van der Waals surface area contributed by atoms with Gasteiger partial charge in [-0.25, -0.2) is 4.79 Å². The third-order valence-corrected chi connectivity index (χ3v) is 2.45. The van der Waals surface area contributed by atoms with Gasteiger partial charge in [0.05, 0.1) is 0 Å². The zero-order chi connectivity index (χ0) is 10.3. The molecule has 0 rings (SSSR count). The molecular formula is C7H13NO4S. The Hall–Kier alpha value is -0.750. The Kier molecular flexibility index (Phi) is 6.34. The van der Waals surface area contributed by atoms with Gasteiger partial charge in [0.1, 0.15) is 6.61 Å². The van der Waals surface area contributed by atoms with Gasteiger partial charge in [0.25, 0.3) is 0 Å². The Morgan fingerprint density at radius 3 is 2.54 bits per heavy atom. The number of hydrogen-bond acceptors (Lipinski definition) is 4. The van der Waals surface area contributed by atoms with E-state index in [9.17, 15) is 9.59 Å². The largest absolute Gasteiger partial charge is 0.479 e. The van der Waals surface area contributed by atoms with E-state index in [-0.39, 0.29) is 0 Å². The molecule has 3 N–H and O–H groups in total. The lowest BCUT2D eigenvalue weighted by Gasteiger charge is -2.12. The Bertz CT molecular complexity index is 185. The zero-order valence-corrected chi connectivity index (χ0v) is 8.13. The van der Waals surface area contributed by atoms with E-state index < -0.39 is 23.9 Å². The molecule has 1 unspecified atom stereocenters. The van der Waals surface area contributed by atoms with E-state index in [0.717, 1.165) is 18.2 Å². The molecule has 0 aromatic heterocycles. The normalized spacial score (nSPS) is 12.2. The first-order valence-electron chi connectivity index (χ1n) is 3.86. The number of aliphatic hydroxyl groups excluding tert-OH is 1. The predicted octanol–water partition coefficient (Wildman–Crippen LogP) is -0.351. The molecule has 0 saturated carbocycles. The van der Waals surface area contributed by atoms with E-state index in [1.807, 2.05) is 6.92 Å². The van der Waals surface area contributed by atoms with Crippen molar-refractivity contribution in [1.82, 2.24) is 5.32 Å². The zero-order valence-electron chi connectivity index (χ0n) is 7.32. The molecule has 1 amide bonds. The summed E-state index contributed by atoms with van der Waals surface area (Å²) >= 11 is 1.13. The molecule has 0 aliphatic carbocycles. The van der Waals surface area contributed by atoms with Crippen LogP contribution in [0.4, 0.5) is 0 Å². The fourth-order valence-electron chi connectivity index (χ4n) is 0.602. The summed E-state index contributed by atoms with van der Waals surface area (Å²) in [6.45, 7) is 1.23. The standard InChI is InChI=1S/C7H13NO4S/c1-2-3-13-6(7(11)12)8-5(10)4-9/h6,9H,2-4H2,1H3,(H,8,10)(H,11,12). The second kappa shape index (κ2) is 6.73. The predicted molar refractivity (Wildman–Crippen MR) is 49.4 cm³/mol. The van der Waals surface area contributed by atoms with Crippen LogP contribution in [0.1, 0.15) is 13.3 Å². The minimum Gasteiger partial charge on any atom is -0.479 e. The van der Waals surface area contributed by atoms with Gasteiger partial charge in [-0.15, -0.1) is 11.8 Å². The molecule has 76 valence electrons. The summed E-state index contributed by atoms with van der Waals surface area (Å²) in [6, 6.07) is 0. The number of carbonyl (C=O) groups is 2. The highest BCUT2D eigenvalue weighted by molar-refractivity contribution is 8.00. The van der Waals surface area contributed by atoms with Crippen molar-refractivity contribution in [2.45, 2.75) is 18.7 Å². The van der Waals surface area contributed by atoms with Crippen molar-refractivity contribution in [2.24, 2.45) is 0 Å². The Morgan fingerprint density at radius 1 is 1.54 bits per heavy atom.